The van der Waals surface area contributed by atoms with E-state index in [4.69, 9.17) is 5.73 Å². The normalized spacial score (nSPS) is 37.7. The largest absolute Gasteiger partial charge is 0.342 e. The summed E-state index contributed by atoms with van der Waals surface area (Å²) in [5, 5.41) is 0. The highest BCUT2D eigenvalue weighted by molar-refractivity contribution is 5.85. The van der Waals surface area contributed by atoms with Gasteiger partial charge in [0.05, 0.1) is 0 Å². The first-order valence-electron chi connectivity index (χ1n) is 6.94. The van der Waals surface area contributed by atoms with Gasteiger partial charge in [-0.1, -0.05) is 12.2 Å². The number of halogens is 1. The second kappa shape index (κ2) is 5.62. The van der Waals surface area contributed by atoms with E-state index in [9.17, 15) is 4.79 Å². The van der Waals surface area contributed by atoms with Crippen molar-refractivity contribution in [2.24, 2.45) is 23.5 Å². The second-order valence-electron chi connectivity index (χ2n) is 5.93. The second-order valence-corrected chi connectivity index (χ2v) is 5.93. The number of nitrogens with two attached hydrogens (primary N) is 1. The number of carbonyl (C=O) groups excluding carboxylic acids is 1. The monoisotopic (exact) mass is 270 g/mol. The molecule has 1 aliphatic heterocycles. The molecule has 1 saturated carbocycles. The van der Waals surface area contributed by atoms with Crippen LogP contribution in [0.3, 0.4) is 0 Å². The number of likely N-dealkylation sites (tertiary alicyclic amines) is 1. The first kappa shape index (κ1) is 13.9. The van der Waals surface area contributed by atoms with Gasteiger partial charge in [0.1, 0.15) is 0 Å². The van der Waals surface area contributed by atoms with E-state index < -0.39 is 0 Å². The third kappa shape index (κ3) is 2.57. The van der Waals surface area contributed by atoms with Gasteiger partial charge in [-0.15, -0.1) is 12.4 Å². The van der Waals surface area contributed by atoms with Crippen molar-refractivity contribution in [2.45, 2.75) is 38.1 Å². The Balaban J connectivity index is 0.00000120. The van der Waals surface area contributed by atoms with Gasteiger partial charge in [0.15, 0.2) is 0 Å². The molecule has 2 fully saturated rings. The number of hydrogen-bond acceptors (Lipinski definition) is 2. The lowest BCUT2D eigenvalue weighted by molar-refractivity contribution is -0.131. The quantitative estimate of drug-likeness (QED) is 0.780. The summed E-state index contributed by atoms with van der Waals surface area (Å²) in [6, 6.07) is 0.337. The summed E-state index contributed by atoms with van der Waals surface area (Å²) in [6.45, 7) is 1.88. The number of hydrogen-bond donors (Lipinski definition) is 1. The van der Waals surface area contributed by atoms with Crippen LogP contribution >= 0.6 is 12.4 Å². The topological polar surface area (TPSA) is 46.3 Å². The zero-order valence-corrected chi connectivity index (χ0v) is 11.6. The smallest absolute Gasteiger partial charge is 0.223 e. The SMILES string of the molecule is Cl.NC1CCC2CN(C(=O)CC3C=CCC3)CC12. The van der Waals surface area contributed by atoms with Gasteiger partial charge in [-0.2, -0.15) is 0 Å². The van der Waals surface area contributed by atoms with E-state index in [-0.39, 0.29) is 12.4 Å². The third-order valence-corrected chi connectivity index (χ3v) is 4.81. The predicted molar refractivity (Wildman–Crippen MR) is 74.5 cm³/mol. The Morgan fingerprint density at radius 2 is 2.11 bits per heavy atom. The van der Waals surface area contributed by atoms with E-state index in [0.717, 1.165) is 32.4 Å². The van der Waals surface area contributed by atoms with E-state index in [1.165, 1.54) is 6.42 Å². The molecule has 0 radical (unpaired) electrons. The van der Waals surface area contributed by atoms with Crippen molar-refractivity contribution in [1.82, 2.24) is 4.90 Å². The molecule has 1 saturated heterocycles. The molecule has 3 nitrogen and oxygen atoms in total. The molecule has 3 aliphatic rings. The number of fused-ring (bicyclic) bond motifs is 1. The summed E-state index contributed by atoms with van der Waals surface area (Å²) in [6.07, 6.45) is 9.81. The third-order valence-electron chi connectivity index (χ3n) is 4.81. The summed E-state index contributed by atoms with van der Waals surface area (Å²) in [7, 11) is 0. The average molecular weight is 271 g/mol. The Bertz CT molecular complexity index is 345. The number of carbonyl (C=O) groups is 1. The molecule has 18 heavy (non-hydrogen) atoms. The zero-order valence-electron chi connectivity index (χ0n) is 10.8. The van der Waals surface area contributed by atoms with Gasteiger partial charge in [-0.25, -0.2) is 0 Å². The summed E-state index contributed by atoms with van der Waals surface area (Å²) in [4.78, 5) is 14.3. The fourth-order valence-corrected chi connectivity index (χ4v) is 3.73. The number of rotatable bonds is 2. The van der Waals surface area contributed by atoms with Crippen LogP contribution in [0.5, 0.6) is 0 Å². The molecule has 4 unspecified atom stereocenters. The minimum Gasteiger partial charge on any atom is -0.342 e. The Hall–Kier alpha value is -0.540. The maximum Gasteiger partial charge on any atom is 0.223 e. The van der Waals surface area contributed by atoms with Crippen LogP contribution < -0.4 is 5.73 Å². The Labute approximate surface area is 115 Å². The molecule has 2 N–H and O–H groups in total. The van der Waals surface area contributed by atoms with Crippen molar-refractivity contribution in [2.75, 3.05) is 13.1 Å². The molecule has 4 atom stereocenters. The van der Waals surface area contributed by atoms with E-state index in [0.29, 0.717) is 36.1 Å². The van der Waals surface area contributed by atoms with Gasteiger partial charge in [0.25, 0.3) is 0 Å². The molecule has 4 heteroatoms. The maximum atomic E-state index is 12.2. The van der Waals surface area contributed by atoms with Gasteiger partial charge >= 0.3 is 0 Å². The molecular weight excluding hydrogens is 248 g/mol. The lowest BCUT2D eigenvalue weighted by atomic mass is 9.98. The molecular formula is C14H23ClN2O. The lowest BCUT2D eigenvalue weighted by Gasteiger charge is -2.20. The van der Waals surface area contributed by atoms with Crippen molar-refractivity contribution in [3.8, 4) is 0 Å². The summed E-state index contributed by atoms with van der Waals surface area (Å²) < 4.78 is 0. The Kier molecular flexibility index (Phi) is 4.33. The van der Waals surface area contributed by atoms with Gasteiger partial charge in [0.2, 0.25) is 5.91 Å². The van der Waals surface area contributed by atoms with Gasteiger partial charge in [0, 0.05) is 25.6 Å². The van der Waals surface area contributed by atoms with Crippen LogP contribution in [0.1, 0.15) is 32.1 Å². The van der Waals surface area contributed by atoms with Crippen molar-refractivity contribution in [1.29, 1.82) is 0 Å². The highest BCUT2D eigenvalue weighted by atomic mass is 35.5. The first-order valence-corrected chi connectivity index (χ1v) is 6.94. The molecule has 0 bridgehead atoms. The average Bonchev–Trinajstić information content (AvgIpc) is 2.97. The number of allylic oxidation sites excluding steroid dienone is 2. The summed E-state index contributed by atoms with van der Waals surface area (Å²) in [5.74, 6) is 2.12. The molecule has 1 heterocycles. The number of amides is 1. The van der Waals surface area contributed by atoms with Crippen LogP contribution in [0.25, 0.3) is 0 Å². The van der Waals surface area contributed by atoms with Crippen molar-refractivity contribution < 1.29 is 4.79 Å². The fraction of sp³-hybridized carbons (Fsp3) is 0.786. The molecule has 0 aromatic carbocycles. The first-order chi connectivity index (χ1) is 8.24. The zero-order chi connectivity index (χ0) is 11.8. The van der Waals surface area contributed by atoms with Gasteiger partial charge in [-0.3, -0.25) is 4.79 Å². The van der Waals surface area contributed by atoms with Crippen LogP contribution in [0.2, 0.25) is 0 Å². The lowest BCUT2D eigenvalue weighted by Crippen LogP contribution is -2.34. The summed E-state index contributed by atoms with van der Waals surface area (Å²) >= 11 is 0. The molecule has 0 spiro atoms. The van der Waals surface area contributed by atoms with Crippen LogP contribution in [-0.4, -0.2) is 29.9 Å². The van der Waals surface area contributed by atoms with Crippen LogP contribution in [-0.2, 0) is 4.79 Å². The molecule has 2 aliphatic carbocycles. The van der Waals surface area contributed by atoms with E-state index in [1.54, 1.807) is 0 Å². The molecule has 0 aromatic rings. The Morgan fingerprint density at radius 1 is 1.28 bits per heavy atom. The van der Waals surface area contributed by atoms with E-state index in [1.807, 2.05) is 0 Å². The summed E-state index contributed by atoms with van der Waals surface area (Å²) in [5.41, 5.74) is 6.10. The van der Waals surface area contributed by atoms with E-state index in [2.05, 4.69) is 17.1 Å². The standard InChI is InChI=1S/C14H22N2O.ClH/c15-13-6-5-11-8-16(9-12(11)13)14(17)7-10-3-1-2-4-10;/h1,3,10-13H,2,4-9,15H2;1H. The predicted octanol–water partition coefficient (Wildman–Crippen LogP) is 1.96. The minimum absolute atomic E-state index is 0. The van der Waals surface area contributed by atoms with Gasteiger partial charge < -0.3 is 10.6 Å². The highest BCUT2D eigenvalue weighted by Gasteiger charge is 2.42. The van der Waals surface area contributed by atoms with E-state index >= 15 is 0 Å². The molecule has 1 amide bonds. The molecule has 0 aromatic heterocycles. The van der Waals surface area contributed by atoms with Crippen LogP contribution in [0.4, 0.5) is 0 Å². The van der Waals surface area contributed by atoms with Crippen LogP contribution in [0.15, 0.2) is 12.2 Å². The maximum absolute atomic E-state index is 12.2. The van der Waals surface area contributed by atoms with Crippen molar-refractivity contribution in [3.63, 3.8) is 0 Å². The van der Waals surface area contributed by atoms with Crippen molar-refractivity contribution in [3.05, 3.63) is 12.2 Å². The number of nitrogens with zero attached hydrogens (tertiary/aromatic N) is 1. The van der Waals surface area contributed by atoms with Gasteiger partial charge in [-0.05, 0) is 43.4 Å². The fourth-order valence-electron chi connectivity index (χ4n) is 3.73. The molecule has 102 valence electrons. The molecule has 3 rings (SSSR count). The van der Waals surface area contributed by atoms with Crippen molar-refractivity contribution >= 4 is 18.3 Å². The van der Waals surface area contributed by atoms with Crippen LogP contribution in [0, 0.1) is 17.8 Å². The minimum atomic E-state index is 0. The highest BCUT2D eigenvalue weighted by Crippen LogP contribution is 2.37. The Morgan fingerprint density at radius 3 is 2.78 bits per heavy atom.